The fraction of sp³-hybridized carbons (Fsp3) is 0.909. The molecule has 84 valence electrons. The van der Waals surface area contributed by atoms with Crippen molar-refractivity contribution in [2.45, 2.75) is 52.9 Å². The van der Waals surface area contributed by atoms with Gasteiger partial charge in [-0.05, 0) is 39.4 Å². The average molecular weight is 199 g/mol. The van der Waals surface area contributed by atoms with Crippen molar-refractivity contribution < 1.29 is 0 Å². The van der Waals surface area contributed by atoms with Gasteiger partial charge in [0.1, 0.15) is 0 Å². The van der Waals surface area contributed by atoms with Gasteiger partial charge in [-0.2, -0.15) is 0 Å². The van der Waals surface area contributed by atoms with E-state index in [0.717, 1.165) is 5.92 Å². The molecule has 3 nitrogen and oxygen atoms in total. The summed E-state index contributed by atoms with van der Waals surface area (Å²) in [6.45, 7) is 8.60. The van der Waals surface area contributed by atoms with Crippen molar-refractivity contribution in [1.82, 2.24) is 4.90 Å². The molecule has 0 aromatic heterocycles. The molecular weight excluding hydrogens is 174 g/mol. The van der Waals surface area contributed by atoms with Crippen LogP contribution in [-0.2, 0) is 0 Å². The Morgan fingerprint density at radius 1 is 1.43 bits per heavy atom. The first-order valence-electron chi connectivity index (χ1n) is 5.48. The Hall–Kier alpha value is -0.410. The summed E-state index contributed by atoms with van der Waals surface area (Å²) in [6, 6.07) is 0.489. The molecular formula is C11H25N3. The number of nitrogens with zero attached hydrogens (tertiary/aromatic N) is 2. The van der Waals surface area contributed by atoms with E-state index in [1.54, 1.807) is 6.21 Å². The summed E-state index contributed by atoms with van der Waals surface area (Å²) >= 11 is 0. The fourth-order valence-corrected chi connectivity index (χ4v) is 1.43. The van der Waals surface area contributed by atoms with Crippen LogP contribution >= 0.6 is 0 Å². The van der Waals surface area contributed by atoms with Gasteiger partial charge < -0.3 is 0 Å². The van der Waals surface area contributed by atoms with Crippen LogP contribution in [0.2, 0.25) is 0 Å². The molecule has 0 heterocycles. The summed E-state index contributed by atoms with van der Waals surface area (Å²) in [5, 5.41) is 0. The molecule has 0 spiro atoms. The van der Waals surface area contributed by atoms with Crippen LogP contribution in [0.25, 0.3) is 0 Å². The van der Waals surface area contributed by atoms with Crippen molar-refractivity contribution in [3.63, 3.8) is 0 Å². The number of aliphatic imine (C=N–C) groups is 1. The van der Waals surface area contributed by atoms with Crippen molar-refractivity contribution in [3.05, 3.63) is 0 Å². The molecule has 2 N–H and O–H groups in total. The third-order valence-corrected chi connectivity index (χ3v) is 2.85. The van der Waals surface area contributed by atoms with Crippen molar-refractivity contribution >= 4 is 6.21 Å². The highest BCUT2D eigenvalue weighted by Gasteiger charge is 2.16. The lowest BCUT2D eigenvalue weighted by Gasteiger charge is -2.29. The first-order chi connectivity index (χ1) is 6.52. The van der Waals surface area contributed by atoms with Gasteiger partial charge in [-0.1, -0.05) is 20.3 Å². The second kappa shape index (κ2) is 6.96. The molecule has 0 aromatic rings. The number of hydrogen-bond acceptors (Lipinski definition) is 3. The van der Waals surface area contributed by atoms with E-state index in [1.807, 2.05) is 14.0 Å². The third kappa shape index (κ3) is 4.72. The Balaban J connectivity index is 4.03. The van der Waals surface area contributed by atoms with Gasteiger partial charge in [-0.3, -0.25) is 15.6 Å². The Morgan fingerprint density at radius 2 is 2.00 bits per heavy atom. The molecule has 0 aliphatic rings. The van der Waals surface area contributed by atoms with E-state index in [1.165, 1.54) is 12.8 Å². The molecule has 0 aromatic carbocycles. The third-order valence-electron chi connectivity index (χ3n) is 2.85. The van der Waals surface area contributed by atoms with Gasteiger partial charge in [0.2, 0.25) is 0 Å². The minimum Gasteiger partial charge on any atom is -0.297 e. The van der Waals surface area contributed by atoms with Gasteiger partial charge in [-0.15, -0.1) is 0 Å². The molecule has 0 fully saturated rings. The highest BCUT2D eigenvalue weighted by molar-refractivity contribution is 5.53. The summed E-state index contributed by atoms with van der Waals surface area (Å²) < 4.78 is 0. The van der Waals surface area contributed by atoms with Crippen molar-refractivity contribution in [1.29, 1.82) is 0 Å². The second-order valence-electron chi connectivity index (χ2n) is 4.08. The highest BCUT2D eigenvalue weighted by atomic mass is 15.3. The van der Waals surface area contributed by atoms with Gasteiger partial charge in [-0.25, -0.2) is 0 Å². The normalized spacial score (nSPS) is 18.8. The molecule has 3 heteroatoms. The van der Waals surface area contributed by atoms with E-state index in [9.17, 15) is 0 Å². The van der Waals surface area contributed by atoms with Crippen LogP contribution < -0.4 is 5.73 Å². The van der Waals surface area contributed by atoms with Crippen LogP contribution in [0.1, 0.15) is 40.5 Å². The van der Waals surface area contributed by atoms with Crippen molar-refractivity contribution in [2.75, 3.05) is 7.05 Å². The van der Waals surface area contributed by atoms with Crippen LogP contribution in [0.3, 0.4) is 0 Å². The lowest BCUT2D eigenvalue weighted by atomic mass is 10.00. The van der Waals surface area contributed by atoms with E-state index in [4.69, 9.17) is 5.73 Å². The summed E-state index contributed by atoms with van der Waals surface area (Å²) in [6.07, 6.45) is 3.97. The van der Waals surface area contributed by atoms with Gasteiger partial charge >= 0.3 is 0 Å². The van der Waals surface area contributed by atoms with Crippen molar-refractivity contribution in [3.8, 4) is 0 Å². The van der Waals surface area contributed by atoms with Crippen LogP contribution in [0.4, 0.5) is 0 Å². The molecule has 0 saturated heterocycles. The Bertz CT molecular complexity index is 168. The van der Waals surface area contributed by atoms with E-state index < -0.39 is 0 Å². The van der Waals surface area contributed by atoms with Crippen LogP contribution in [-0.4, -0.2) is 30.5 Å². The fourth-order valence-electron chi connectivity index (χ4n) is 1.43. The van der Waals surface area contributed by atoms with Crippen LogP contribution in [0, 0.1) is 5.92 Å². The molecule has 0 saturated carbocycles. The molecule has 0 amide bonds. The molecule has 14 heavy (non-hydrogen) atoms. The number of rotatable bonds is 6. The topological polar surface area (TPSA) is 41.6 Å². The maximum absolute atomic E-state index is 5.87. The largest absolute Gasteiger partial charge is 0.297 e. The van der Waals surface area contributed by atoms with Gasteiger partial charge in [0.25, 0.3) is 0 Å². The zero-order valence-corrected chi connectivity index (χ0v) is 10.2. The van der Waals surface area contributed by atoms with Crippen LogP contribution in [0.15, 0.2) is 4.99 Å². The van der Waals surface area contributed by atoms with Crippen molar-refractivity contribution in [2.24, 2.45) is 16.6 Å². The SMILES string of the molecule is CC=N[C@@H](N)N(C)C(C)C[C@H](C)CC. The highest BCUT2D eigenvalue weighted by Crippen LogP contribution is 2.14. The molecule has 0 aliphatic heterocycles. The predicted octanol–water partition coefficient (Wildman–Crippen LogP) is 2.08. The average Bonchev–Trinajstić information content (AvgIpc) is 2.16. The molecule has 0 rings (SSSR count). The lowest BCUT2D eigenvalue weighted by molar-refractivity contribution is 0.169. The lowest BCUT2D eigenvalue weighted by Crippen LogP contribution is -2.43. The zero-order valence-electron chi connectivity index (χ0n) is 10.2. The maximum Gasteiger partial charge on any atom is 0.153 e. The summed E-state index contributed by atoms with van der Waals surface area (Å²) in [7, 11) is 2.03. The summed E-state index contributed by atoms with van der Waals surface area (Å²) in [5.74, 6) is 0.755. The van der Waals surface area contributed by atoms with Gasteiger partial charge in [0, 0.05) is 6.04 Å². The molecule has 1 unspecified atom stereocenters. The minimum atomic E-state index is -0.195. The van der Waals surface area contributed by atoms with E-state index in [2.05, 4.69) is 30.7 Å². The predicted molar refractivity (Wildman–Crippen MR) is 63.4 cm³/mol. The molecule has 0 radical (unpaired) electrons. The van der Waals surface area contributed by atoms with E-state index in [-0.39, 0.29) is 6.29 Å². The molecule has 0 aliphatic carbocycles. The molecule has 3 atom stereocenters. The Kier molecular flexibility index (Phi) is 6.75. The Labute approximate surface area is 88.4 Å². The minimum absolute atomic E-state index is 0.195. The first kappa shape index (κ1) is 13.6. The number of nitrogens with two attached hydrogens (primary N) is 1. The van der Waals surface area contributed by atoms with Gasteiger partial charge in [0.15, 0.2) is 6.29 Å². The quantitative estimate of drug-likeness (QED) is 0.525. The zero-order chi connectivity index (χ0) is 11.1. The van der Waals surface area contributed by atoms with Gasteiger partial charge in [0.05, 0.1) is 0 Å². The van der Waals surface area contributed by atoms with E-state index in [0.29, 0.717) is 6.04 Å². The Morgan fingerprint density at radius 3 is 2.43 bits per heavy atom. The summed E-state index contributed by atoms with van der Waals surface area (Å²) in [5.41, 5.74) is 5.87. The van der Waals surface area contributed by atoms with E-state index >= 15 is 0 Å². The standard InChI is InChI=1S/C11H25N3/c1-6-9(3)8-10(4)14(5)11(12)13-7-2/h7,9-11H,6,8,12H2,1-5H3/t9-,10?,11-/m1/s1. The first-order valence-corrected chi connectivity index (χ1v) is 5.48. The molecule has 0 bridgehead atoms. The second-order valence-corrected chi connectivity index (χ2v) is 4.08. The van der Waals surface area contributed by atoms with Crippen LogP contribution in [0.5, 0.6) is 0 Å². The maximum atomic E-state index is 5.87. The summed E-state index contributed by atoms with van der Waals surface area (Å²) in [4.78, 5) is 6.27. The number of hydrogen-bond donors (Lipinski definition) is 1. The monoisotopic (exact) mass is 199 g/mol. The smallest absolute Gasteiger partial charge is 0.153 e.